The Morgan fingerprint density at radius 1 is 0.971 bits per heavy atom. The quantitative estimate of drug-likeness (QED) is 0.0457. The molecule has 5 aromatic rings. The maximum atomic E-state index is 16.0. The van der Waals surface area contributed by atoms with Crippen LogP contribution in [0.25, 0.3) is 21.3 Å². The molecule has 0 saturated carbocycles. The lowest BCUT2D eigenvalue weighted by atomic mass is 9.85. The van der Waals surface area contributed by atoms with E-state index < -0.39 is 52.9 Å². The number of ether oxygens (including phenoxy) is 1. The number of likely N-dealkylation sites (tertiary alicyclic amines) is 1. The van der Waals surface area contributed by atoms with Gasteiger partial charge in [-0.1, -0.05) is 69.7 Å². The summed E-state index contributed by atoms with van der Waals surface area (Å²) in [5.41, 5.74) is 4.91. The molecule has 5 atom stereocenters. The lowest BCUT2D eigenvalue weighted by molar-refractivity contribution is -0.144. The molecule has 1 fully saturated rings. The molecule has 3 amide bonds. The number of alkyl halides is 1. The number of hydrogen-bond acceptors (Lipinski definition) is 9. The molecule has 0 spiro atoms. The standard InChI is InChI=1S/C54H70F3N7O5S/c1-33-25-40-39-15-10-11-16-43(39)61-47(40)48(64(33)31-54(6,7)57)46-41(55)27-38(28-42(46)56)69-24-14-13-23-58-22-12-8-9-17-45(66)62-50(53(3,4)5)52(68)63-30-37(65)26-44(63)51(67)59-29-35-18-20-36(21-19-35)49-34(2)60-32-70-49/h10-11,15-16,18-21,27-28,32-33,37,44,48,50,58,61,65H,8-9,12-14,17,22-26,29-31H2,1-7H3,(H,59,67)(H,62,66)/t33-,37-,44+,48-,50-/m1/s1. The van der Waals surface area contributed by atoms with Crippen LogP contribution in [-0.4, -0.2) is 105 Å². The van der Waals surface area contributed by atoms with E-state index in [0.29, 0.717) is 25.0 Å². The maximum absolute atomic E-state index is 16.0. The molecule has 5 N–H and O–H groups in total. The van der Waals surface area contributed by atoms with Crippen molar-refractivity contribution in [1.82, 2.24) is 35.7 Å². The summed E-state index contributed by atoms with van der Waals surface area (Å²) >= 11 is 1.57. The number of hydrogen-bond donors (Lipinski definition) is 5. The molecule has 3 aromatic carbocycles. The van der Waals surface area contributed by atoms with Crippen LogP contribution in [0.2, 0.25) is 0 Å². The molecular formula is C54H70F3N7O5S. The number of aryl methyl sites for hydroxylation is 1. The van der Waals surface area contributed by atoms with Crippen LogP contribution in [0.4, 0.5) is 13.2 Å². The number of para-hydroxylation sites is 1. The first-order chi connectivity index (χ1) is 33.3. The average molecular weight is 986 g/mol. The Morgan fingerprint density at radius 2 is 1.67 bits per heavy atom. The van der Waals surface area contributed by atoms with Crippen molar-refractivity contribution in [2.24, 2.45) is 5.41 Å². The van der Waals surface area contributed by atoms with E-state index in [9.17, 15) is 19.5 Å². The van der Waals surface area contributed by atoms with E-state index in [1.807, 2.05) is 93.6 Å². The number of amides is 3. The number of unbranched alkanes of at least 4 members (excludes halogenated alkanes) is 3. The number of β-amino-alcohol motifs (C(OH)–C–C–N with tert-alkyl or cyclic N) is 1. The Morgan fingerprint density at radius 3 is 2.34 bits per heavy atom. The second-order valence-electron chi connectivity index (χ2n) is 20.8. The van der Waals surface area contributed by atoms with Crippen LogP contribution in [-0.2, 0) is 27.3 Å². The van der Waals surface area contributed by atoms with Crippen LogP contribution in [0.15, 0.2) is 66.2 Å². The second-order valence-corrected chi connectivity index (χ2v) is 21.6. The van der Waals surface area contributed by atoms with Gasteiger partial charge >= 0.3 is 0 Å². The highest BCUT2D eigenvalue weighted by atomic mass is 32.1. The van der Waals surface area contributed by atoms with Gasteiger partial charge in [-0.25, -0.2) is 18.2 Å². The molecule has 16 heteroatoms. The molecule has 2 aliphatic rings. The molecule has 12 nitrogen and oxygen atoms in total. The third kappa shape index (κ3) is 13.0. The van der Waals surface area contributed by atoms with Gasteiger partial charge in [0.15, 0.2) is 0 Å². The lowest BCUT2D eigenvalue weighted by Gasteiger charge is -2.43. The van der Waals surface area contributed by atoms with E-state index >= 15 is 13.2 Å². The summed E-state index contributed by atoms with van der Waals surface area (Å²) in [6.07, 6.45) is 3.83. The number of nitrogens with one attached hydrogen (secondary N) is 4. The van der Waals surface area contributed by atoms with Gasteiger partial charge in [0.2, 0.25) is 17.7 Å². The number of aromatic amines is 1. The normalized spacial score (nSPS) is 19.0. The summed E-state index contributed by atoms with van der Waals surface area (Å²) in [4.78, 5) is 52.7. The highest BCUT2D eigenvalue weighted by Gasteiger charge is 2.45. The maximum Gasteiger partial charge on any atom is 0.246 e. The van der Waals surface area contributed by atoms with E-state index in [1.165, 1.54) is 30.9 Å². The predicted molar refractivity (Wildman–Crippen MR) is 269 cm³/mol. The van der Waals surface area contributed by atoms with Gasteiger partial charge in [-0.3, -0.25) is 19.3 Å². The number of halogens is 3. The molecule has 4 heterocycles. The molecule has 0 aliphatic carbocycles. The van der Waals surface area contributed by atoms with Crippen molar-refractivity contribution in [2.45, 2.75) is 142 Å². The molecule has 70 heavy (non-hydrogen) atoms. The molecule has 378 valence electrons. The first-order valence-electron chi connectivity index (χ1n) is 24.7. The molecule has 2 aromatic heterocycles. The lowest BCUT2D eigenvalue weighted by Crippen LogP contribution is -2.57. The van der Waals surface area contributed by atoms with E-state index in [-0.39, 0.29) is 68.3 Å². The smallest absolute Gasteiger partial charge is 0.246 e. The van der Waals surface area contributed by atoms with Gasteiger partial charge in [0.25, 0.3) is 0 Å². The Kier molecular flexibility index (Phi) is 17.1. The molecule has 0 radical (unpaired) electrons. The largest absolute Gasteiger partial charge is 0.493 e. The van der Waals surface area contributed by atoms with Crippen LogP contribution in [0, 0.1) is 24.0 Å². The summed E-state index contributed by atoms with van der Waals surface area (Å²) in [5, 5.41) is 20.9. The number of aromatic nitrogens is 2. The van der Waals surface area contributed by atoms with Gasteiger partial charge in [-0.15, -0.1) is 11.3 Å². The number of H-pyrrole nitrogens is 1. The minimum absolute atomic E-state index is 0.00258. The SMILES string of the molecule is Cc1ncsc1-c1ccc(CNC(=O)[C@@H]2C[C@@H](O)CN2C(=O)[C@@H](NC(=O)CCCCCNCCCCOc2cc(F)c([C@@H]3c4[nH]c5ccccc5c4C[C@@H](C)N3CC(C)(C)F)c(F)c2)C(C)(C)C)cc1. The monoisotopic (exact) mass is 986 g/mol. The Balaban J connectivity index is 0.808. The number of fused-ring (bicyclic) bond motifs is 3. The second kappa shape index (κ2) is 22.9. The van der Waals surface area contributed by atoms with Crippen LogP contribution in [0.5, 0.6) is 5.75 Å². The van der Waals surface area contributed by atoms with Gasteiger partial charge in [0, 0.05) is 72.8 Å². The van der Waals surface area contributed by atoms with Crippen LogP contribution >= 0.6 is 11.3 Å². The minimum atomic E-state index is -1.59. The van der Waals surface area contributed by atoms with Crippen molar-refractivity contribution in [1.29, 1.82) is 0 Å². The number of aliphatic hydroxyl groups is 1. The van der Waals surface area contributed by atoms with Crippen LogP contribution in [0.1, 0.15) is 121 Å². The third-order valence-electron chi connectivity index (χ3n) is 13.4. The zero-order valence-corrected chi connectivity index (χ0v) is 42.4. The van der Waals surface area contributed by atoms with Crippen molar-refractivity contribution in [3.05, 3.63) is 106 Å². The van der Waals surface area contributed by atoms with E-state index in [4.69, 9.17) is 4.74 Å². The van der Waals surface area contributed by atoms with Crippen molar-refractivity contribution in [3.63, 3.8) is 0 Å². The van der Waals surface area contributed by atoms with Crippen molar-refractivity contribution < 1.29 is 37.4 Å². The first-order valence-corrected chi connectivity index (χ1v) is 25.6. The van der Waals surface area contributed by atoms with Gasteiger partial charge < -0.3 is 35.7 Å². The number of rotatable bonds is 21. The van der Waals surface area contributed by atoms with E-state index in [2.05, 4.69) is 25.9 Å². The summed E-state index contributed by atoms with van der Waals surface area (Å²) in [6.45, 7) is 14.5. The predicted octanol–water partition coefficient (Wildman–Crippen LogP) is 9.08. The van der Waals surface area contributed by atoms with Gasteiger partial charge in [0.05, 0.1) is 34.8 Å². The van der Waals surface area contributed by atoms with Crippen molar-refractivity contribution in [3.8, 4) is 16.2 Å². The molecule has 1 saturated heterocycles. The number of carbonyl (C=O) groups excluding carboxylic acids is 3. The van der Waals surface area contributed by atoms with Crippen LogP contribution in [0.3, 0.4) is 0 Å². The van der Waals surface area contributed by atoms with Crippen LogP contribution < -0.4 is 20.7 Å². The van der Waals surface area contributed by atoms with Crippen molar-refractivity contribution >= 4 is 40.0 Å². The fourth-order valence-electron chi connectivity index (χ4n) is 9.80. The van der Waals surface area contributed by atoms with E-state index in [0.717, 1.165) is 70.5 Å². The molecular weight excluding hydrogens is 916 g/mol. The summed E-state index contributed by atoms with van der Waals surface area (Å²) < 4.78 is 53.1. The van der Waals surface area contributed by atoms with Gasteiger partial charge in [0.1, 0.15) is 35.1 Å². The Bertz CT molecular complexity index is 2570. The number of thiazole rings is 1. The zero-order chi connectivity index (χ0) is 50.3. The first kappa shape index (κ1) is 52.5. The minimum Gasteiger partial charge on any atom is -0.493 e. The molecule has 2 aliphatic heterocycles. The number of carbonyl (C=O) groups is 3. The molecule has 0 unspecified atom stereocenters. The third-order valence-corrected chi connectivity index (χ3v) is 14.4. The molecule has 0 bridgehead atoms. The fourth-order valence-corrected chi connectivity index (χ4v) is 10.6. The highest BCUT2D eigenvalue weighted by Crippen LogP contribution is 2.44. The van der Waals surface area contributed by atoms with Gasteiger partial charge in [-0.05, 0) is 101 Å². The Labute approximate surface area is 414 Å². The zero-order valence-electron chi connectivity index (χ0n) is 41.6. The summed E-state index contributed by atoms with van der Waals surface area (Å²) in [7, 11) is 0. The molecule has 7 rings (SSSR count). The highest BCUT2D eigenvalue weighted by molar-refractivity contribution is 7.13. The van der Waals surface area contributed by atoms with Gasteiger partial charge in [-0.2, -0.15) is 0 Å². The number of nitrogens with zero attached hydrogens (tertiary/aromatic N) is 3. The van der Waals surface area contributed by atoms with Crippen molar-refractivity contribution in [2.75, 3.05) is 32.8 Å². The Hall–Kier alpha value is -5.29. The topological polar surface area (TPSA) is 152 Å². The summed E-state index contributed by atoms with van der Waals surface area (Å²) in [6, 6.07) is 15.4. The average Bonchev–Trinajstić information content (AvgIpc) is 4.02. The summed E-state index contributed by atoms with van der Waals surface area (Å²) in [5.74, 6) is -2.37. The fraction of sp³-hybridized carbons (Fsp3) is 0.519. The number of benzene rings is 3. The van der Waals surface area contributed by atoms with E-state index in [1.54, 1.807) is 11.3 Å². The number of aliphatic hydroxyl groups excluding tert-OH is 1.